The molecular weight excluding hydrogens is 264 g/mol. The van der Waals surface area contributed by atoms with Gasteiger partial charge in [0, 0.05) is 12.1 Å². The third-order valence-electron chi connectivity index (χ3n) is 5.68. The molecule has 4 saturated carbocycles. The van der Waals surface area contributed by atoms with Gasteiger partial charge in [0.2, 0.25) is 5.91 Å². The largest absolute Gasteiger partial charge is 0.384 e. The van der Waals surface area contributed by atoms with Crippen molar-refractivity contribution in [1.29, 1.82) is 0 Å². The summed E-state index contributed by atoms with van der Waals surface area (Å²) in [7, 11) is 0. The van der Waals surface area contributed by atoms with Crippen LogP contribution in [0.4, 0.5) is 5.82 Å². The maximum Gasteiger partial charge on any atom is 0.224 e. The smallest absolute Gasteiger partial charge is 0.224 e. The molecule has 5 nitrogen and oxygen atoms in total. The van der Waals surface area contributed by atoms with Crippen LogP contribution in [0.1, 0.15) is 37.9 Å². The van der Waals surface area contributed by atoms with E-state index in [1.807, 2.05) is 0 Å². The molecule has 0 saturated heterocycles. The molecule has 4 aliphatic carbocycles. The van der Waals surface area contributed by atoms with E-state index >= 15 is 0 Å². The van der Waals surface area contributed by atoms with Gasteiger partial charge in [-0.1, -0.05) is 0 Å². The predicted molar refractivity (Wildman–Crippen MR) is 78.8 cm³/mol. The minimum absolute atomic E-state index is 0.204. The molecule has 1 aromatic heterocycles. The Hall–Kier alpha value is -1.65. The van der Waals surface area contributed by atoms with Crippen LogP contribution in [-0.2, 0) is 11.3 Å². The number of nitrogens with two attached hydrogens (primary N) is 1. The van der Waals surface area contributed by atoms with Gasteiger partial charge in [-0.3, -0.25) is 4.79 Å². The summed E-state index contributed by atoms with van der Waals surface area (Å²) >= 11 is 0. The van der Waals surface area contributed by atoms with E-state index in [0.29, 0.717) is 30.0 Å². The molecule has 1 heterocycles. The minimum atomic E-state index is 0.204. The van der Waals surface area contributed by atoms with Crippen molar-refractivity contribution in [2.75, 3.05) is 5.73 Å². The van der Waals surface area contributed by atoms with Crippen molar-refractivity contribution in [2.45, 2.75) is 38.6 Å². The molecular formula is C16H22N4O. The predicted octanol–water partition coefficient (Wildman–Crippen LogP) is 1.75. The van der Waals surface area contributed by atoms with Crippen molar-refractivity contribution in [2.24, 2.45) is 29.6 Å². The van der Waals surface area contributed by atoms with E-state index in [9.17, 15) is 4.79 Å². The molecule has 112 valence electrons. The second-order valence-electron chi connectivity index (χ2n) is 7.07. The van der Waals surface area contributed by atoms with Crippen molar-refractivity contribution < 1.29 is 4.79 Å². The Morgan fingerprint density at radius 2 is 1.86 bits per heavy atom. The summed E-state index contributed by atoms with van der Waals surface area (Å²) in [5.41, 5.74) is 5.64. The number of aromatic nitrogens is 2. The first kappa shape index (κ1) is 13.0. The van der Waals surface area contributed by atoms with Crippen LogP contribution in [0, 0.1) is 29.6 Å². The average Bonchev–Trinajstić information content (AvgIpc) is 2.44. The summed E-state index contributed by atoms with van der Waals surface area (Å²) in [6.07, 6.45) is 8.10. The van der Waals surface area contributed by atoms with Gasteiger partial charge in [-0.25, -0.2) is 9.97 Å². The molecule has 4 fully saturated rings. The Kier molecular flexibility index (Phi) is 3.08. The fourth-order valence-corrected chi connectivity index (χ4v) is 5.14. The normalized spacial score (nSPS) is 36.7. The number of nitrogens with one attached hydrogen (secondary N) is 1. The van der Waals surface area contributed by atoms with Crippen LogP contribution in [-0.4, -0.2) is 15.9 Å². The maximum atomic E-state index is 12.6. The number of carbonyl (C=O) groups excluding carboxylic acids is 1. The van der Waals surface area contributed by atoms with Crippen LogP contribution < -0.4 is 11.1 Å². The number of nitrogen functional groups attached to an aromatic ring is 1. The molecule has 4 bridgehead atoms. The van der Waals surface area contributed by atoms with Gasteiger partial charge < -0.3 is 11.1 Å². The minimum Gasteiger partial charge on any atom is -0.384 e. The van der Waals surface area contributed by atoms with E-state index in [4.69, 9.17) is 5.73 Å². The fourth-order valence-electron chi connectivity index (χ4n) is 5.14. The lowest BCUT2D eigenvalue weighted by Gasteiger charge is -2.53. The summed E-state index contributed by atoms with van der Waals surface area (Å²) in [6, 6.07) is 1.66. The molecule has 0 spiro atoms. The fraction of sp³-hybridized carbons (Fsp3) is 0.688. The zero-order valence-electron chi connectivity index (χ0n) is 12.2. The van der Waals surface area contributed by atoms with Gasteiger partial charge in [0.05, 0.1) is 6.54 Å². The van der Waals surface area contributed by atoms with Gasteiger partial charge in [0.1, 0.15) is 11.6 Å². The van der Waals surface area contributed by atoms with Crippen LogP contribution >= 0.6 is 0 Å². The molecule has 1 aromatic rings. The number of hydrogen-bond donors (Lipinski definition) is 2. The van der Waals surface area contributed by atoms with E-state index in [1.165, 1.54) is 32.1 Å². The molecule has 0 unspecified atom stereocenters. The first-order chi connectivity index (χ1) is 10.2. The van der Waals surface area contributed by atoms with Gasteiger partial charge in [-0.05, 0) is 61.8 Å². The summed E-state index contributed by atoms with van der Waals surface area (Å²) in [6.45, 7) is 0.382. The molecule has 0 aromatic carbocycles. The Morgan fingerprint density at radius 1 is 1.19 bits per heavy atom. The molecule has 1 amide bonds. The van der Waals surface area contributed by atoms with Gasteiger partial charge >= 0.3 is 0 Å². The molecule has 3 N–H and O–H groups in total. The molecule has 0 radical (unpaired) electrons. The highest BCUT2D eigenvalue weighted by molar-refractivity contribution is 5.79. The van der Waals surface area contributed by atoms with Crippen LogP contribution in [0.3, 0.4) is 0 Å². The van der Waals surface area contributed by atoms with E-state index in [-0.39, 0.29) is 11.8 Å². The highest BCUT2D eigenvalue weighted by Crippen LogP contribution is 2.56. The number of anilines is 1. The van der Waals surface area contributed by atoms with Crippen molar-refractivity contribution in [1.82, 2.24) is 15.3 Å². The quantitative estimate of drug-likeness (QED) is 0.887. The Balaban J connectivity index is 1.41. The van der Waals surface area contributed by atoms with Gasteiger partial charge in [0.15, 0.2) is 0 Å². The number of rotatable bonds is 3. The topological polar surface area (TPSA) is 80.9 Å². The van der Waals surface area contributed by atoms with E-state index in [2.05, 4.69) is 15.3 Å². The van der Waals surface area contributed by atoms with Crippen molar-refractivity contribution in [3.05, 3.63) is 18.1 Å². The van der Waals surface area contributed by atoms with Crippen LogP contribution in [0.5, 0.6) is 0 Å². The summed E-state index contributed by atoms with van der Waals surface area (Å²) < 4.78 is 0. The van der Waals surface area contributed by atoms with Crippen molar-refractivity contribution >= 4 is 11.7 Å². The number of nitrogens with zero attached hydrogens (tertiary/aromatic N) is 2. The molecule has 21 heavy (non-hydrogen) atoms. The SMILES string of the molecule is Nc1ccnc(CNC(=O)C2C3CC4CC(C3)CC2C4)n1. The van der Waals surface area contributed by atoms with Gasteiger partial charge in [-0.2, -0.15) is 0 Å². The number of carbonyl (C=O) groups is 1. The third-order valence-corrected chi connectivity index (χ3v) is 5.68. The average molecular weight is 286 g/mol. The summed E-state index contributed by atoms with van der Waals surface area (Å²) in [5.74, 6) is 4.48. The van der Waals surface area contributed by atoms with Gasteiger partial charge in [-0.15, -0.1) is 0 Å². The Morgan fingerprint density at radius 3 is 2.48 bits per heavy atom. The van der Waals surface area contributed by atoms with Gasteiger partial charge in [0.25, 0.3) is 0 Å². The van der Waals surface area contributed by atoms with Crippen molar-refractivity contribution in [3.8, 4) is 0 Å². The second-order valence-corrected chi connectivity index (χ2v) is 7.07. The Labute approximate surface area is 124 Å². The second kappa shape index (κ2) is 4.97. The summed E-state index contributed by atoms with van der Waals surface area (Å²) in [4.78, 5) is 20.9. The van der Waals surface area contributed by atoms with E-state index in [1.54, 1.807) is 12.3 Å². The number of hydrogen-bond acceptors (Lipinski definition) is 4. The molecule has 0 aliphatic heterocycles. The lowest BCUT2D eigenvalue weighted by Crippen LogP contribution is -2.50. The van der Waals surface area contributed by atoms with Crippen LogP contribution in [0.15, 0.2) is 12.3 Å². The molecule has 5 rings (SSSR count). The zero-order chi connectivity index (χ0) is 14.4. The van der Waals surface area contributed by atoms with Crippen molar-refractivity contribution in [3.63, 3.8) is 0 Å². The standard InChI is InChI=1S/C16H22N4O/c17-13-1-2-18-14(20-13)8-19-16(21)15-11-4-9-3-10(6-11)7-12(15)5-9/h1-2,9-12,15H,3-8H2,(H,19,21)(H2,17,18,20). The lowest BCUT2D eigenvalue weighted by molar-refractivity contribution is -0.138. The number of amides is 1. The monoisotopic (exact) mass is 286 g/mol. The maximum absolute atomic E-state index is 12.6. The van der Waals surface area contributed by atoms with Crippen LogP contribution in [0.25, 0.3) is 0 Å². The molecule has 0 atom stereocenters. The third kappa shape index (κ3) is 2.39. The zero-order valence-corrected chi connectivity index (χ0v) is 12.2. The van der Waals surface area contributed by atoms with Crippen LogP contribution in [0.2, 0.25) is 0 Å². The molecule has 4 aliphatic rings. The first-order valence-electron chi connectivity index (χ1n) is 8.04. The van der Waals surface area contributed by atoms with E-state index in [0.717, 1.165) is 11.8 Å². The lowest BCUT2D eigenvalue weighted by atomic mass is 9.51. The Bertz CT molecular complexity index is 531. The highest BCUT2D eigenvalue weighted by Gasteiger charge is 2.50. The molecule has 5 heteroatoms. The first-order valence-corrected chi connectivity index (χ1v) is 8.04. The highest BCUT2D eigenvalue weighted by atomic mass is 16.1. The summed E-state index contributed by atoms with van der Waals surface area (Å²) in [5, 5.41) is 3.03. The van der Waals surface area contributed by atoms with E-state index < -0.39 is 0 Å².